The van der Waals surface area contributed by atoms with Gasteiger partial charge in [0.25, 0.3) is 5.91 Å². The van der Waals surface area contributed by atoms with Gasteiger partial charge in [-0.3, -0.25) is 9.36 Å². The molecule has 0 bridgehead atoms. The molecule has 150 valence electrons. The molecule has 0 spiro atoms. The topological polar surface area (TPSA) is 84.4 Å². The Balaban J connectivity index is 1.62. The summed E-state index contributed by atoms with van der Waals surface area (Å²) in [5, 5.41) is 10.3. The Bertz CT molecular complexity index is 914. The number of alkyl carbamates (subject to hydrolysis) is 1. The van der Waals surface area contributed by atoms with Gasteiger partial charge in [-0.1, -0.05) is 18.2 Å². The highest BCUT2D eigenvalue weighted by atomic mass is 32.1. The van der Waals surface area contributed by atoms with E-state index in [2.05, 4.69) is 16.0 Å². The molecule has 2 aromatic rings. The second-order valence-electron chi connectivity index (χ2n) is 7.69. The Hall–Kier alpha value is -2.61. The molecule has 1 aliphatic rings. The summed E-state index contributed by atoms with van der Waals surface area (Å²) in [6, 6.07) is 7.78. The number of benzene rings is 1. The summed E-state index contributed by atoms with van der Waals surface area (Å²) in [7, 11) is 0. The normalized spacial score (nSPS) is 13.6. The summed E-state index contributed by atoms with van der Waals surface area (Å²) < 4.78 is 7.16. The highest BCUT2D eigenvalue weighted by Gasteiger charge is 2.26. The minimum Gasteiger partial charge on any atom is -0.444 e. The summed E-state index contributed by atoms with van der Waals surface area (Å²) >= 11 is 5.61. The molecule has 3 N–H and O–H groups in total. The van der Waals surface area contributed by atoms with E-state index in [-0.39, 0.29) is 5.91 Å². The van der Waals surface area contributed by atoms with E-state index < -0.39 is 11.7 Å². The van der Waals surface area contributed by atoms with Crippen molar-refractivity contribution in [3.63, 3.8) is 0 Å². The van der Waals surface area contributed by atoms with E-state index in [1.54, 1.807) is 0 Å². The number of aromatic nitrogens is 1. The number of carbonyl (C=O) groups is 2. The Morgan fingerprint density at radius 3 is 2.71 bits per heavy atom. The number of para-hydroxylation sites is 1. The highest BCUT2D eigenvalue weighted by Crippen LogP contribution is 2.28. The van der Waals surface area contributed by atoms with Gasteiger partial charge in [0.15, 0.2) is 5.11 Å². The van der Waals surface area contributed by atoms with Crippen molar-refractivity contribution in [1.29, 1.82) is 0 Å². The van der Waals surface area contributed by atoms with Crippen LogP contribution in [0.1, 0.15) is 43.2 Å². The molecule has 8 heteroatoms. The standard InChI is InChI=1S/C20H26N4O3S/c1-20(2,3)27-19(26)23-11-6-10-22-18(28)24-14-8-5-4-7-13(14)16-15(24)9-12-21-17(16)25/h4-5,7-8H,6,9-12H2,1-3H3,(H,21,25)(H,22,28)(H,23,26). The fraction of sp³-hybridized carbons (Fsp3) is 0.450. The van der Waals surface area contributed by atoms with Crippen LogP contribution in [0.4, 0.5) is 4.79 Å². The average molecular weight is 403 g/mol. The molecule has 28 heavy (non-hydrogen) atoms. The zero-order valence-corrected chi connectivity index (χ0v) is 17.2. The van der Waals surface area contributed by atoms with Crippen LogP contribution in [0.15, 0.2) is 24.3 Å². The smallest absolute Gasteiger partial charge is 0.407 e. The summed E-state index contributed by atoms with van der Waals surface area (Å²) in [6.45, 7) is 7.17. The number of rotatable bonds is 4. The van der Waals surface area contributed by atoms with E-state index in [0.29, 0.717) is 36.7 Å². The summed E-state index contributed by atoms with van der Waals surface area (Å²) in [5.74, 6) is -0.0550. The van der Waals surface area contributed by atoms with Gasteiger partial charge < -0.3 is 20.7 Å². The predicted molar refractivity (Wildman–Crippen MR) is 113 cm³/mol. The maximum absolute atomic E-state index is 12.4. The van der Waals surface area contributed by atoms with Crippen molar-refractivity contribution in [3.05, 3.63) is 35.5 Å². The third-order valence-corrected chi connectivity index (χ3v) is 4.68. The molecular formula is C20H26N4O3S. The molecule has 3 rings (SSSR count). The van der Waals surface area contributed by atoms with Crippen LogP contribution in [-0.2, 0) is 11.2 Å². The number of amides is 2. The van der Waals surface area contributed by atoms with Crippen LogP contribution in [0.5, 0.6) is 0 Å². The molecule has 1 aromatic carbocycles. The molecule has 0 unspecified atom stereocenters. The van der Waals surface area contributed by atoms with Gasteiger partial charge in [-0.15, -0.1) is 0 Å². The fourth-order valence-corrected chi connectivity index (χ4v) is 3.58. The Morgan fingerprint density at radius 2 is 1.96 bits per heavy atom. The van der Waals surface area contributed by atoms with Crippen LogP contribution in [-0.4, -0.2) is 46.9 Å². The van der Waals surface area contributed by atoms with E-state index in [0.717, 1.165) is 23.0 Å². The Morgan fingerprint density at radius 1 is 1.25 bits per heavy atom. The van der Waals surface area contributed by atoms with Gasteiger partial charge in [-0.05, 0) is 45.5 Å². The van der Waals surface area contributed by atoms with Crippen molar-refractivity contribution in [2.75, 3.05) is 19.6 Å². The van der Waals surface area contributed by atoms with Gasteiger partial charge in [0.1, 0.15) is 5.60 Å². The Labute approximate surface area is 169 Å². The highest BCUT2D eigenvalue weighted by molar-refractivity contribution is 7.80. The third kappa shape index (κ3) is 4.44. The van der Waals surface area contributed by atoms with Crippen molar-refractivity contribution in [1.82, 2.24) is 20.5 Å². The van der Waals surface area contributed by atoms with E-state index in [4.69, 9.17) is 17.0 Å². The molecule has 0 fully saturated rings. The SMILES string of the molecule is CC(C)(C)OC(=O)NCCCNC(=S)n1c2c(c3ccccc31)C(=O)NCC2. The molecule has 7 nitrogen and oxygen atoms in total. The number of fused-ring (bicyclic) bond motifs is 3. The van der Waals surface area contributed by atoms with Gasteiger partial charge in [0, 0.05) is 37.1 Å². The quantitative estimate of drug-likeness (QED) is 0.541. The van der Waals surface area contributed by atoms with Gasteiger partial charge >= 0.3 is 6.09 Å². The van der Waals surface area contributed by atoms with Crippen molar-refractivity contribution >= 4 is 40.2 Å². The van der Waals surface area contributed by atoms with E-state index in [9.17, 15) is 9.59 Å². The van der Waals surface area contributed by atoms with Crippen molar-refractivity contribution in [2.24, 2.45) is 0 Å². The van der Waals surface area contributed by atoms with Crippen LogP contribution >= 0.6 is 12.2 Å². The van der Waals surface area contributed by atoms with Crippen LogP contribution in [0, 0.1) is 0 Å². The second-order valence-corrected chi connectivity index (χ2v) is 8.08. The van der Waals surface area contributed by atoms with Gasteiger partial charge in [-0.2, -0.15) is 0 Å². The summed E-state index contributed by atoms with van der Waals surface area (Å²) in [6.07, 6.45) is 1.01. The van der Waals surface area contributed by atoms with Crippen LogP contribution in [0.3, 0.4) is 0 Å². The first-order valence-electron chi connectivity index (χ1n) is 9.43. The summed E-state index contributed by atoms with van der Waals surface area (Å²) in [4.78, 5) is 24.0. The lowest BCUT2D eigenvalue weighted by molar-refractivity contribution is 0.0527. The van der Waals surface area contributed by atoms with Crippen LogP contribution in [0.25, 0.3) is 10.9 Å². The fourth-order valence-electron chi connectivity index (χ4n) is 3.27. The number of ether oxygens (including phenoxy) is 1. The molecule has 1 aromatic heterocycles. The first kappa shape index (κ1) is 20.1. The molecule has 2 heterocycles. The molecule has 2 amide bonds. The van der Waals surface area contributed by atoms with Gasteiger partial charge in [-0.25, -0.2) is 4.79 Å². The van der Waals surface area contributed by atoms with Crippen LogP contribution in [0.2, 0.25) is 0 Å². The lowest BCUT2D eigenvalue weighted by atomic mass is 10.1. The molecule has 0 atom stereocenters. The Kier molecular flexibility index (Phi) is 5.88. The maximum atomic E-state index is 12.4. The largest absolute Gasteiger partial charge is 0.444 e. The monoisotopic (exact) mass is 402 g/mol. The lowest BCUT2D eigenvalue weighted by Crippen LogP contribution is -2.37. The molecule has 0 aliphatic carbocycles. The second kappa shape index (κ2) is 8.18. The zero-order chi connectivity index (χ0) is 20.3. The number of nitrogens with zero attached hydrogens (tertiary/aromatic N) is 1. The molecule has 1 aliphatic heterocycles. The average Bonchev–Trinajstić information content (AvgIpc) is 2.95. The number of carbonyl (C=O) groups excluding carboxylic acids is 2. The van der Waals surface area contributed by atoms with E-state index in [1.165, 1.54) is 0 Å². The molecule has 0 saturated heterocycles. The molecule has 0 radical (unpaired) electrons. The van der Waals surface area contributed by atoms with E-state index >= 15 is 0 Å². The number of hydrogen-bond acceptors (Lipinski definition) is 4. The molecular weight excluding hydrogens is 376 g/mol. The number of nitrogens with one attached hydrogen (secondary N) is 3. The maximum Gasteiger partial charge on any atom is 0.407 e. The van der Waals surface area contributed by atoms with Crippen LogP contribution < -0.4 is 16.0 Å². The number of hydrogen-bond donors (Lipinski definition) is 3. The van der Waals surface area contributed by atoms with Crippen molar-refractivity contribution in [3.8, 4) is 0 Å². The van der Waals surface area contributed by atoms with E-state index in [1.807, 2.05) is 49.6 Å². The summed E-state index contributed by atoms with van der Waals surface area (Å²) in [5.41, 5.74) is 2.06. The third-order valence-electron chi connectivity index (χ3n) is 4.35. The van der Waals surface area contributed by atoms with Gasteiger partial charge in [0.05, 0.1) is 11.1 Å². The van der Waals surface area contributed by atoms with Gasteiger partial charge in [0.2, 0.25) is 0 Å². The van der Waals surface area contributed by atoms with Crippen molar-refractivity contribution in [2.45, 2.75) is 39.2 Å². The first-order chi connectivity index (χ1) is 13.3. The first-order valence-corrected chi connectivity index (χ1v) is 9.84. The predicted octanol–water partition coefficient (Wildman–Crippen LogP) is 2.56. The zero-order valence-electron chi connectivity index (χ0n) is 16.4. The number of thiocarbonyl (C=S) groups is 1. The lowest BCUT2D eigenvalue weighted by Gasteiger charge is -2.20. The van der Waals surface area contributed by atoms with Crippen molar-refractivity contribution < 1.29 is 14.3 Å². The minimum absolute atomic E-state index is 0.0550. The minimum atomic E-state index is -0.509. The molecule has 0 saturated carbocycles.